The van der Waals surface area contributed by atoms with Crippen LogP contribution in [-0.2, 0) is 19.1 Å². The number of ether oxygens (including phenoxy) is 1. The van der Waals surface area contributed by atoms with Gasteiger partial charge in [0.1, 0.15) is 6.10 Å². The summed E-state index contributed by atoms with van der Waals surface area (Å²) in [6.07, 6.45) is 18.9. The molecule has 0 aromatic rings. The third kappa shape index (κ3) is 12.8. The van der Waals surface area contributed by atoms with E-state index >= 15 is 0 Å². The third-order valence-corrected chi connectivity index (χ3v) is 7.44. The lowest BCUT2D eigenvalue weighted by atomic mass is 9.76. The van der Waals surface area contributed by atoms with E-state index in [-0.39, 0.29) is 42.2 Å². The molecule has 0 bridgehead atoms. The monoisotopic (exact) mass is 481 g/mol. The van der Waals surface area contributed by atoms with Crippen LogP contribution in [-0.4, -0.2) is 29.1 Å². The second kappa shape index (κ2) is 18.7. The number of primary amides is 1. The first-order chi connectivity index (χ1) is 16.4. The number of rotatable bonds is 23. The number of nitrogens with two attached hydrogens (primary N) is 1. The zero-order valence-corrected chi connectivity index (χ0v) is 21.9. The first-order valence-electron chi connectivity index (χ1n) is 14.1. The van der Waals surface area contributed by atoms with Crippen LogP contribution in [0.1, 0.15) is 136 Å². The highest BCUT2D eigenvalue weighted by molar-refractivity contribution is 5.79. The van der Waals surface area contributed by atoms with Gasteiger partial charge >= 0.3 is 11.9 Å². The number of aliphatic carboxylic acids is 1. The van der Waals surface area contributed by atoms with Crippen molar-refractivity contribution in [1.82, 2.24) is 0 Å². The molecule has 0 radical (unpaired) electrons. The molecule has 198 valence electrons. The molecule has 1 saturated heterocycles. The highest BCUT2D eigenvalue weighted by Crippen LogP contribution is 2.37. The molecule has 1 unspecified atom stereocenters. The molecule has 6 nitrogen and oxygen atoms in total. The van der Waals surface area contributed by atoms with Crippen molar-refractivity contribution in [3.63, 3.8) is 0 Å². The molecule has 0 aliphatic carbocycles. The Balaban J connectivity index is 2.59. The van der Waals surface area contributed by atoms with Gasteiger partial charge in [-0.25, -0.2) is 0 Å². The number of cyclic esters (lactones) is 1. The Bertz CT molecular complexity index is 579. The van der Waals surface area contributed by atoms with Crippen LogP contribution in [0.2, 0.25) is 0 Å². The molecule has 1 aliphatic heterocycles. The maximum atomic E-state index is 12.3. The van der Waals surface area contributed by atoms with Gasteiger partial charge in [-0.1, -0.05) is 97.3 Å². The topological polar surface area (TPSA) is 107 Å². The van der Waals surface area contributed by atoms with Gasteiger partial charge in [0.2, 0.25) is 5.91 Å². The van der Waals surface area contributed by atoms with Crippen molar-refractivity contribution in [3.8, 4) is 0 Å². The molecule has 6 heteroatoms. The van der Waals surface area contributed by atoms with Crippen molar-refractivity contribution in [2.24, 2.45) is 23.5 Å². The van der Waals surface area contributed by atoms with Gasteiger partial charge in [0, 0.05) is 12.3 Å². The van der Waals surface area contributed by atoms with Crippen LogP contribution in [0, 0.1) is 17.8 Å². The summed E-state index contributed by atoms with van der Waals surface area (Å²) in [5.74, 6) is -1.67. The number of carboxylic acid groups (broad SMARTS) is 1. The van der Waals surface area contributed by atoms with Gasteiger partial charge in [0.25, 0.3) is 0 Å². The Kier molecular flexibility index (Phi) is 16.7. The normalized spacial score (nSPS) is 19.3. The predicted molar refractivity (Wildman–Crippen MR) is 136 cm³/mol. The molecule has 0 aromatic carbocycles. The summed E-state index contributed by atoms with van der Waals surface area (Å²) in [5.41, 5.74) is 5.78. The Morgan fingerprint density at radius 1 is 0.853 bits per heavy atom. The maximum Gasteiger partial charge on any atom is 0.313 e. The van der Waals surface area contributed by atoms with Crippen LogP contribution in [0.25, 0.3) is 0 Å². The lowest BCUT2D eigenvalue weighted by molar-refractivity contribution is -0.188. The fourth-order valence-corrected chi connectivity index (χ4v) is 5.29. The van der Waals surface area contributed by atoms with Crippen LogP contribution < -0.4 is 5.73 Å². The van der Waals surface area contributed by atoms with E-state index in [1.54, 1.807) is 0 Å². The van der Waals surface area contributed by atoms with Crippen molar-refractivity contribution in [2.45, 2.75) is 142 Å². The molecule has 1 fully saturated rings. The number of hydrogen-bond acceptors (Lipinski definition) is 4. The average Bonchev–Trinajstić information content (AvgIpc) is 2.79. The first kappa shape index (κ1) is 30.4. The third-order valence-electron chi connectivity index (χ3n) is 7.44. The molecular formula is C28H51NO5. The molecule has 1 amide bonds. The summed E-state index contributed by atoms with van der Waals surface area (Å²) in [6, 6.07) is 0. The summed E-state index contributed by atoms with van der Waals surface area (Å²) in [4.78, 5) is 35.4. The lowest BCUT2D eigenvalue weighted by Crippen LogP contribution is -2.47. The number of hydrogen-bond donors (Lipinski definition) is 2. The van der Waals surface area contributed by atoms with Gasteiger partial charge in [-0.2, -0.15) is 0 Å². The van der Waals surface area contributed by atoms with E-state index in [1.807, 2.05) is 0 Å². The van der Waals surface area contributed by atoms with Crippen LogP contribution >= 0.6 is 0 Å². The lowest BCUT2D eigenvalue weighted by Gasteiger charge is -2.39. The van der Waals surface area contributed by atoms with E-state index in [1.165, 1.54) is 51.4 Å². The van der Waals surface area contributed by atoms with Crippen molar-refractivity contribution in [1.29, 1.82) is 0 Å². The zero-order chi connectivity index (χ0) is 25.2. The summed E-state index contributed by atoms with van der Waals surface area (Å²) in [6.45, 7) is 4.41. The Labute approximate surface area is 207 Å². The number of carboxylic acids is 1. The van der Waals surface area contributed by atoms with E-state index < -0.39 is 5.97 Å². The minimum absolute atomic E-state index is 0.0482. The van der Waals surface area contributed by atoms with Gasteiger partial charge in [0.05, 0.1) is 5.92 Å². The quantitative estimate of drug-likeness (QED) is 0.123. The van der Waals surface area contributed by atoms with E-state index in [0.29, 0.717) is 19.3 Å². The predicted octanol–water partition coefficient (Wildman–Crippen LogP) is 6.78. The van der Waals surface area contributed by atoms with Gasteiger partial charge in [-0.15, -0.1) is 0 Å². The highest BCUT2D eigenvalue weighted by atomic mass is 16.6. The largest absolute Gasteiger partial charge is 0.481 e. The summed E-state index contributed by atoms with van der Waals surface area (Å²) >= 11 is 0. The maximum absolute atomic E-state index is 12.3. The van der Waals surface area contributed by atoms with Crippen LogP contribution in [0.5, 0.6) is 0 Å². The van der Waals surface area contributed by atoms with Crippen LogP contribution in [0.15, 0.2) is 0 Å². The van der Waals surface area contributed by atoms with Crippen molar-refractivity contribution in [3.05, 3.63) is 0 Å². The summed E-state index contributed by atoms with van der Waals surface area (Å²) in [7, 11) is 0. The Hall–Kier alpha value is -1.59. The molecule has 0 saturated carbocycles. The van der Waals surface area contributed by atoms with Gasteiger partial charge in [0.15, 0.2) is 0 Å². The molecule has 0 aromatic heterocycles. The number of amides is 1. The first-order valence-corrected chi connectivity index (χ1v) is 14.1. The summed E-state index contributed by atoms with van der Waals surface area (Å²) in [5, 5.41) is 9.00. The minimum Gasteiger partial charge on any atom is -0.481 e. The van der Waals surface area contributed by atoms with Crippen molar-refractivity contribution >= 4 is 17.8 Å². The number of carbonyl (C=O) groups is 3. The zero-order valence-electron chi connectivity index (χ0n) is 21.9. The fourth-order valence-electron chi connectivity index (χ4n) is 5.29. The standard InChI is InChI=1S/C28H51NO5/c1-3-5-7-9-10-11-12-13-14-17-22(23(27(29)32)19-16-20-26(30)31)21-25-24(28(33)34-25)18-15-8-6-4-2/h22-25H,3-21H2,1-2H3,(H2,29,32)(H,30,31)/t22?,23-,24-,25-/m0/s1. The SMILES string of the molecule is CCCCCCCCCCCC(C[C@@H]1OC(=O)[C@H]1CCCCCC)[C@H](CCCC(=O)O)C(N)=O. The smallest absolute Gasteiger partial charge is 0.313 e. The van der Waals surface area contributed by atoms with Crippen molar-refractivity contribution < 1.29 is 24.2 Å². The molecule has 1 heterocycles. The van der Waals surface area contributed by atoms with E-state index in [9.17, 15) is 14.4 Å². The molecule has 0 spiro atoms. The molecule has 3 N–H and O–H groups in total. The van der Waals surface area contributed by atoms with Crippen LogP contribution in [0.4, 0.5) is 0 Å². The Morgan fingerprint density at radius 3 is 1.94 bits per heavy atom. The van der Waals surface area contributed by atoms with E-state index in [4.69, 9.17) is 15.6 Å². The van der Waals surface area contributed by atoms with Crippen molar-refractivity contribution in [2.75, 3.05) is 0 Å². The Morgan fingerprint density at radius 2 is 1.41 bits per heavy atom. The number of unbranched alkanes of at least 4 members (excludes halogenated alkanes) is 11. The molecule has 4 atom stereocenters. The van der Waals surface area contributed by atoms with Gasteiger partial charge in [-0.3, -0.25) is 14.4 Å². The van der Waals surface area contributed by atoms with E-state index in [2.05, 4.69) is 13.8 Å². The van der Waals surface area contributed by atoms with Gasteiger partial charge in [-0.05, 0) is 38.0 Å². The molecule has 1 aliphatic rings. The number of carbonyl (C=O) groups excluding carboxylic acids is 2. The fraction of sp³-hybridized carbons (Fsp3) is 0.893. The molecule has 1 rings (SSSR count). The second-order valence-corrected chi connectivity index (χ2v) is 10.3. The van der Waals surface area contributed by atoms with Crippen LogP contribution in [0.3, 0.4) is 0 Å². The second-order valence-electron chi connectivity index (χ2n) is 10.3. The highest BCUT2D eigenvalue weighted by Gasteiger charge is 2.44. The van der Waals surface area contributed by atoms with E-state index in [0.717, 1.165) is 44.9 Å². The minimum atomic E-state index is -0.848. The number of esters is 1. The van der Waals surface area contributed by atoms with Gasteiger partial charge < -0.3 is 15.6 Å². The average molecular weight is 482 g/mol. The molecule has 34 heavy (non-hydrogen) atoms. The molecular weight excluding hydrogens is 430 g/mol. The summed E-state index contributed by atoms with van der Waals surface area (Å²) < 4.78 is 5.52.